The molecule has 0 bridgehead atoms. The Labute approximate surface area is 357 Å². The summed E-state index contributed by atoms with van der Waals surface area (Å²) in [6.45, 7) is 28.3. The van der Waals surface area contributed by atoms with Gasteiger partial charge >= 0.3 is 21.7 Å². The molecular formula is C48H61Cl3SiTi. The fourth-order valence-corrected chi connectivity index (χ4v) is 12.4. The largest absolute Gasteiger partial charge is 4.00 e. The topological polar surface area (TPSA) is 0 Å². The van der Waals surface area contributed by atoms with Crippen molar-refractivity contribution in [2.45, 2.75) is 125 Å². The van der Waals surface area contributed by atoms with Gasteiger partial charge in [0.1, 0.15) is 8.07 Å². The third-order valence-corrected chi connectivity index (χ3v) is 15.4. The molecule has 0 unspecified atom stereocenters. The van der Waals surface area contributed by atoms with Crippen LogP contribution in [0.4, 0.5) is 0 Å². The van der Waals surface area contributed by atoms with E-state index in [-0.39, 0.29) is 58.9 Å². The van der Waals surface area contributed by atoms with Crippen LogP contribution in [0.2, 0.25) is 0 Å². The zero-order chi connectivity index (χ0) is 35.6. The first kappa shape index (κ1) is 49.1. The van der Waals surface area contributed by atoms with E-state index in [1.807, 2.05) is 0 Å². The molecule has 0 radical (unpaired) electrons. The molecule has 0 fully saturated rings. The average molecular weight is 820 g/mol. The fraction of sp³-hybridized carbons (Fsp3) is 0.396. The van der Waals surface area contributed by atoms with E-state index < -0.39 is 8.07 Å². The van der Waals surface area contributed by atoms with Crippen LogP contribution in [0.1, 0.15) is 163 Å². The van der Waals surface area contributed by atoms with Crippen LogP contribution >= 0.6 is 0 Å². The maximum Gasteiger partial charge on any atom is 4.00 e. The number of hydrogen-bond acceptors (Lipinski definition) is 0. The normalized spacial score (nSPS) is 11.5. The number of hydrogen-bond donors (Lipinski definition) is 0. The monoisotopic (exact) mass is 818 g/mol. The summed E-state index contributed by atoms with van der Waals surface area (Å²) in [7, 11) is -2.86. The van der Waals surface area contributed by atoms with Crippen molar-refractivity contribution >= 4 is 28.8 Å². The standard InChI is InChI=1S/C48H61Si.3ClH.Ti/c1-31(2)39-22-40(32(3)4)26-46(25-39)49(47-27-41(33(5)6)23-42(28-47)34(7)8,48-29-43(35(9)10)24-44(30-48)36(11)12)45-19-18-38(21-45)20-37-16-14-13-15-17-37;;;;/h13-19,21-36H,20H2,1-12H3;3*1H;/q-1;;;;+4/p-3. The van der Waals surface area contributed by atoms with Gasteiger partial charge in [-0.1, -0.05) is 196 Å². The Kier molecular flexibility index (Phi) is 19.3. The van der Waals surface area contributed by atoms with Crippen molar-refractivity contribution in [2.24, 2.45) is 0 Å². The zero-order valence-corrected chi connectivity index (χ0v) is 38.9. The van der Waals surface area contributed by atoms with Gasteiger partial charge in [-0.2, -0.15) is 17.7 Å². The summed E-state index contributed by atoms with van der Waals surface area (Å²) in [5.74, 6) is 2.66. The summed E-state index contributed by atoms with van der Waals surface area (Å²) in [6.07, 6.45) is 0.946. The Morgan fingerprint density at radius 1 is 0.415 bits per heavy atom. The first-order valence-corrected chi connectivity index (χ1v) is 21.0. The maximum absolute atomic E-state index is 2.86. The van der Waals surface area contributed by atoms with Crippen LogP contribution in [0.25, 0.3) is 0 Å². The Hall–Kier alpha value is -1.97. The smallest absolute Gasteiger partial charge is 1.00 e. The van der Waals surface area contributed by atoms with Gasteiger partial charge in [0, 0.05) is 0 Å². The van der Waals surface area contributed by atoms with Gasteiger partial charge in [-0.05, 0) is 68.9 Å². The molecular weight excluding hydrogens is 759 g/mol. The minimum absolute atomic E-state index is 0. The van der Waals surface area contributed by atoms with Gasteiger partial charge < -0.3 is 37.2 Å². The van der Waals surface area contributed by atoms with Gasteiger partial charge in [0.25, 0.3) is 0 Å². The summed E-state index contributed by atoms with van der Waals surface area (Å²) in [5, 5.41) is 6.06. The van der Waals surface area contributed by atoms with Gasteiger partial charge in [0.05, 0.1) is 0 Å². The molecule has 0 nitrogen and oxygen atoms in total. The van der Waals surface area contributed by atoms with E-state index in [9.17, 15) is 0 Å². The van der Waals surface area contributed by atoms with Crippen LogP contribution in [0.15, 0.2) is 103 Å². The second-order valence-electron chi connectivity index (χ2n) is 16.5. The molecule has 0 saturated carbocycles. The van der Waals surface area contributed by atoms with Gasteiger partial charge in [-0.3, -0.25) is 0 Å². The molecule has 0 atom stereocenters. The Morgan fingerprint density at radius 3 is 1.00 bits per heavy atom. The predicted molar refractivity (Wildman–Crippen MR) is 219 cm³/mol. The molecule has 53 heavy (non-hydrogen) atoms. The number of benzene rings is 4. The predicted octanol–water partition coefficient (Wildman–Crippen LogP) is 2.12. The summed E-state index contributed by atoms with van der Waals surface area (Å²) in [4.78, 5) is 0. The molecule has 0 amide bonds. The molecule has 0 aliphatic rings. The van der Waals surface area contributed by atoms with Crippen molar-refractivity contribution in [2.75, 3.05) is 0 Å². The molecule has 0 N–H and O–H groups in total. The summed E-state index contributed by atoms with van der Waals surface area (Å²) >= 11 is 0. The van der Waals surface area contributed by atoms with Crippen molar-refractivity contribution in [3.63, 3.8) is 0 Å². The van der Waals surface area contributed by atoms with Crippen molar-refractivity contribution in [3.8, 4) is 0 Å². The second-order valence-corrected chi connectivity index (χ2v) is 20.3. The SMILES string of the molecule is CC(C)c1cc(C(C)C)cc([Si](c2cc(C(C)C)cc(C(C)C)c2)(c2cc(C(C)C)cc(C(C)C)c2)[c-]2ccc(Cc3ccccc3)c2)c1.[Cl-].[Cl-].[Cl-].[Ti+4]. The third kappa shape index (κ3) is 10.9. The third-order valence-electron chi connectivity index (χ3n) is 10.7. The van der Waals surface area contributed by atoms with Gasteiger partial charge in [-0.15, -0.1) is 5.19 Å². The minimum Gasteiger partial charge on any atom is -1.00 e. The van der Waals surface area contributed by atoms with E-state index in [2.05, 4.69) is 186 Å². The molecule has 5 rings (SSSR count). The fourth-order valence-electron chi connectivity index (χ4n) is 7.35. The van der Waals surface area contributed by atoms with Crippen LogP contribution in [0.5, 0.6) is 0 Å². The van der Waals surface area contributed by atoms with Crippen LogP contribution in [-0.4, -0.2) is 8.07 Å². The molecule has 0 heterocycles. The van der Waals surface area contributed by atoms with Crippen molar-refractivity contribution < 1.29 is 58.9 Å². The quantitative estimate of drug-likeness (QED) is 0.103. The van der Waals surface area contributed by atoms with Crippen molar-refractivity contribution in [1.29, 1.82) is 0 Å². The minimum atomic E-state index is -2.86. The Morgan fingerprint density at radius 2 is 0.717 bits per heavy atom. The van der Waals surface area contributed by atoms with Gasteiger partial charge in [-0.25, -0.2) is 6.07 Å². The molecule has 0 spiro atoms. The molecule has 5 aromatic carbocycles. The molecule has 5 aromatic rings. The summed E-state index contributed by atoms with van der Waals surface area (Å²) < 4.78 is 0. The van der Waals surface area contributed by atoms with Crippen molar-refractivity contribution in [3.05, 3.63) is 148 Å². The number of rotatable bonds is 12. The van der Waals surface area contributed by atoms with E-state index in [4.69, 9.17) is 0 Å². The van der Waals surface area contributed by atoms with Crippen LogP contribution in [0, 0.1) is 0 Å². The number of halogens is 3. The first-order valence-electron chi connectivity index (χ1n) is 19.0. The molecule has 0 aliphatic carbocycles. The van der Waals surface area contributed by atoms with E-state index >= 15 is 0 Å². The molecule has 282 valence electrons. The van der Waals surface area contributed by atoms with Crippen LogP contribution in [0.3, 0.4) is 0 Å². The van der Waals surface area contributed by atoms with Gasteiger partial charge in [0.15, 0.2) is 0 Å². The second kappa shape index (κ2) is 20.8. The van der Waals surface area contributed by atoms with Crippen molar-refractivity contribution in [1.82, 2.24) is 0 Å². The molecule has 0 aromatic heterocycles. The summed E-state index contributed by atoms with van der Waals surface area (Å²) in [6, 6.07) is 41.6. The Balaban J connectivity index is 0.00000351. The molecule has 0 aliphatic heterocycles. The van der Waals surface area contributed by atoms with Gasteiger partial charge in [0.2, 0.25) is 0 Å². The maximum atomic E-state index is 2.61. The van der Waals surface area contributed by atoms with E-state index in [0.717, 1.165) is 6.42 Å². The van der Waals surface area contributed by atoms with E-state index in [1.165, 1.54) is 65.3 Å². The summed E-state index contributed by atoms with van der Waals surface area (Å²) in [5.41, 5.74) is 11.4. The first-order chi connectivity index (χ1) is 23.2. The average Bonchev–Trinajstić information content (AvgIpc) is 3.53. The van der Waals surface area contributed by atoms with Crippen LogP contribution in [-0.2, 0) is 28.1 Å². The zero-order valence-electron chi connectivity index (χ0n) is 34.1. The molecule has 5 heteroatoms. The molecule has 0 saturated heterocycles. The van der Waals surface area contributed by atoms with E-state index in [1.54, 1.807) is 0 Å². The Bertz CT molecular complexity index is 1640. The van der Waals surface area contributed by atoms with E-state index in [0.29, 0.717) is 35.5 Å². The van der Waals surface area contributed by atoms with Crippen LogP contribution < -0.4 is 58.0 Å².